The van der Waals surface area contributed by atoms with E-state index >= 15 is 0 Å². The van der Waals surface area contributed by atoms with Gasteiger partial charge in [0.05, 0.1) is 6.54 Å². The normalized spacial score (nSPS) is 34.9. The Bertz CT molecular complexity index is 219. The highest BCUT2D eigenvalue weighted by Gasteiger charge is 2.26. The van der Waals surface area contributed by atoms with Gasteiger partial charge >= 0.3 is 0 Å². The lowest BCUT2D eigenvalue weighted by Gasteiger charge is -2.36. The highest BCUT2D eigenvalue weighted by atomic mass is 32.2. The van der Waals surface area contributed by atoms with E-state index in [0.29, 0.717) is 17.0 Å². The van der Waals surface area contributed by atoms with E-state index in [0.717, 1.165) is 16.6 Å². The number of thioether (sulfide) groups is 1. The number of aliphatic imine (C=N–C) groups is 1. The number of thiol groups is 3. The maximum Gasteiger partial charge on any atom is 0.234 e. The minimum Gasteiger partial charge on any atom is -0.238 e. The molecule has 3 unspecified atom stereocenters. The van der Waals surface area contributed by atoms with Crippen LogP contribution in [0.4, 0.5) is 0 Å². The maximum absolute atomic E-state index is 10.0. The van der Waals surface area contributed by atoms with Crippen LogP contribution in [0.25, 0.3) is 0 Å². The van der Waals surface area contributed by atoms with Crippen LogP contribution in [0.1, 0.15) is 0 Å². The summed E-state index contributed by atoms with van der Waals surface area (Å²) in [4.78, 5) is 13.7. The van der Waals surface area contributed by atoms with E-state index < -0.39 is 0 Å². The molecule has 0 aromatic carbocycles. The van der Waals surface area contributed by atoms with Crippen LogP contribution in [0, 0.1) is 0 Å². The second-order valence-electron chi connectivity index (χ2n) is 3.14. The first kappa shape index (κ1) is 12.8. The van der Waals surface area contributed by atoms with Crippen molar-refractivity contribution in [3.05, 3.63) is 0 Å². The Balaban J connectivity index is 2.47. The molecule has 0 spiro atoms. The number of hydrogen-bond acceptors (Lipinski definition) is 5. The fourth-order valence-corrected chi connectivity index (χ4v) is 7.51. The Kier molecular flexibility index (Phi) is 6.53. The third-order valence-electron chi connectivity index (χ3n) is 2.23. The summed E-state index contributed by atoms with van der Waals surface area (Å²) in [6.45, 7) is 0.641. The third kappa shape index (κ3) is 3.74. The first-order valence-electron chi connectivity index (χ1n) is 4.42. The van der Waals surface area contributed by atoms with Crippen molar-refractivity contribution < 1.29 is 4.79 Å². The molecular formula is C8H15NOS4. The largest absolute Gasteiger partial charge is 0.238 e. The van der Waals surface area contributed by atoms with Gasteiger partial charge in [-0.1, -0.05) is 0 Å². The molecule has 0 radical (unpaired) electrons. The molecule has 3 atom stereocenters. The molecule has 1 rings (SSSR count). The van der Waals surface area contributed by atoms with Crippen molar-refractivity contribution in [3.8, 4) is 0 Å². The lowest BCUT2D eigenvalue weighted by molar-refractivity contribution is 0.563. The summed E-state index contributed by atoms with van der Waals surface area (Å²) in [5, 5.41) is 2.18. The van der Waals surface area contributed by atoms with Gasteiger partial charge in [0, 0.05) is 27.1 Å². The zero-order chi connectivity index (χ0) is 10.4. The van der Waals surface area contributed by atoms with Gasteiger partial charge in [0.25, 0.3) is 0 Å². The van der Waals surface area contributed by atoms with Gasteiger partial charge in [-0.25, -0.2) is 20.7 Å². The molecule has 0 aliphatic carbocycles. The van der Waals surface area contributed by atoms with Gasteiger partial charge in [-0.2, -0.15) is 37.0 Å². The molecule has 0 bridgehead atoms. The second-order valence-corrected chi connectivity index (χ2v) is 8.24. The standard InChI is InChI=1S/C8H15NOS4/c10-5-9-1-8-3-13-7(2-11)4-14(8)6-12/h7-8,11-12,14H,1-4,6H2. The first-order chi connectivity index (χ1) is 6.81. The quantitative estimate of drug-likeness (QED) is 0.411. The van der Waals surface area contributed by atoms with Crippen molar-refractivity contribution in [2.75, 3.05) is 28.9 Å². The van der Waals surface area contributed by atoms with E-state index in [9.17, 15) is 4.79 Å². The van der Waals surface area contributed by atoms with Gasteiger partial charge in [-0.05, 0) is 5.75 Å². The molecule has 0 aromatic rings. The van der Waals surface area contributed by atoms with E-state index in [4.69, 9.17) is 0 Å². The van der Waals surface area contributed by atoms with Crippen LogP contribution in [0.5, 0.6) is 0 Å². The van der Waals surface area contributed by atoms with E-state index in [1.165, 1.54) is 5.75 Å². The third-order valence-corrected chi connectivity index (χ3v) is 8.55. The van der Waals surface area contributed by atoms with Crippen LogP contribution in [-0.4, -0.2) is 45.5 Å². The van der Waals surface area contributed by atoms with Gasteiger partial charge < -0.3 is 0 Å². The van der Waals surface area contributed by atoms with E-state index in [1.807, 2.05) is 11.8 Å². The zero-order valence-electron chi connectivity index (χ0n) is 7.80. The Morgan fingerprint density at radius 2 is 2.36 bits per heavy atom. The predicted molar refractivity (Wildman–Crippen MR) is 74.6 cm³/mol. The summed E-state index contributed by atoms with van der Waals surface area (Å²) in [6.07, 6.45) is 1.62. The summed E-state index contributed by atoms with van der Waals surface area (Å²) in [7, 11) is -0.0679. The van der Waals surface area contributed by atoms with E-state index in [1.54, 1.807) is 6.08 Å². The molecule has 0 amide bonds. The molecule has 1 saturated heterocycles. The van der Waals surface area contributed by atoms with Crippen LogP contribution in [0.3, 0.4) is 0 Å². The van der Waals surface area contributed by atoms with Crippen molar-refractivity contribution >= 4 is 54.0 Å². The molecule has 82 valence electrons. The number of isocyanates is 1. The number of nitrogens with zero attached hydrogens (tertiary/aromatic N) is 1. The molecule has 0 aromatic heterocycles. The average molecular weight is 269 g/mol. The molecule has 1 heterocycles. The summed E-state index contributed by atoms with van der Waals surface area (Å²) < 4.78 is 0. The molecule has 1 fully saturated rings. The fraction of sp³-hybridized carbons (Fsp3) is 0.875. The summed E-state index contributed by atoms with van der Waals surface area (Å²) >= 11 is 10.7. The minimum atomic E-state index is -0.0679. The van der Waals surface area contributed by atoms with Gasteiger partial charge in [0.2, 0.25) is 6.08 Å². The average Bonchev–Trinajstić information content (AvgIpc) is 2.26. The highest BCUT2D eigenvalue weighted by Crippen LogP contribution is 2.42. The van der Waals surface area contributed by atoms with Crippen molar-refractivity contribution in [2.45, 2.75) is 10.5 Å². The van der Waals surface area contributed by atoms with Crippen molar-refractivity contribution in [1.29, 1.82) is 0 Å². The highest BCUT2D eigenvalue weighted by molar-refractivity contribution is 8.25. The topological polar surface area (TPSA) is 29.4 Å². The molecule has 0 saturated carbocycles. The Hall–Kier alpha value is 0.780. The summed E-state index contributed by atoms with van der Waals surface area (Å²) in [5.41, 5.74) is 0. The van der Waals surface area contributed by atoms with Gasteiger partial charge in [-0.15, -0.1) is 0 Å². The van der Waals surface area contributed by atoms with Crippen molar-refractivity contribution in [1.82, 2.24) is 0 Å². The molecule has 2 nitrogen and oxygen atoms in total. The van der Waals surface area contributed by atoms with Crippen LogP contribution in [0.2, 0.25) is 0 Å². The van der Waals surface area contributed by atoms with Gasteiger partial charge in [0.1, 0.15) is 0 Å². The summed E-state index contributed by atoms with van der Waals surface area (Å²) in [6, 6.07) is 0. The SMILES string of the molecule is O=C=NCC1CSC(CS)C[SH]1CS. The lowest BCUT2D eigenvalue weighted by Crippen LogP contribution is -2.30. The van der Waals surface area contributed by atoms with Crippen LogP contribution in [-0.2, 0) is 4.79 Å². The van der Waals surface area contributed by atoms with Crippen molar-refractivity contribution in [2.24, 2.45) is 4.99 Å². The molecule has 1 aliphatic heterocycles. The van der Waals surface area contributed by atoms with Gasteiger partial charge in [-0.3, -0.25) is 0 Å². The number of hydrogen-bond donors (Lipinski definition) is 3. The van der Waals surface area contributed by atoms with Gasteiger partial charge in [0.15, 0.2) is 0 Å². The Labute approximate surface area is 103 Å². The molecule has 6 heteroatoms. The number of carbonyl (C=O) groups excluding carboxylic acids is 1. The molecular weight excluding hydrogens is 254 g/mol. The summed E-state index contributed by atoms with van der Waals surface area (Å²) in [5.74, 6) is 3.26. The predicted octanol–water partition coefficient (Wildman–Crippen LogP) is 1.62. The minimum absolute atomic E-state index is 0.0679. The van der Waals surface area contributed by atoms with Crippen LogP contribution < -0.4 is 0 Å². The van der Waals surface area contributed by atoms with Crippen LogP contribution >= 0.6 is 47.9 Å². The smallest absolute Gasteiger partial charge is 0.234 e. The van der Waals surface area contributed by atoms with Crippen LogP contribution in [0.15, 0.2) is 4.99 Å². The van der Waals surface area contributed by atoms with E-state index in [2.05, 4.69) is 30.2 Å². The Morgan fingerprint density at radius 3 is 2.93 bits per heavy atom. The molecule has 1 aliphatic rings. The fourth-order valence-electron chi connectivity index (χ4n) is 1.41. The second kappa shape index (κ2) is 7.12. The first-order valence-corrected chi connectivity index (χ1v) is 8.52. The van der Waals surface area contributed by atoms with Crippen molar-refractivity contribution in [3.63, 3.8) is 0 Å². The zero-order valence-corrected chi connectivity index (χ0v) is 11.3. The Morgan fingerprint density at radius 1 is 1.57 bits per heavy atom. The monoisotopic (exact) mass is 269 g/mol. The lowest BCUT2D eigenvalue weighted by atomic mass is 10.5. The maximum atomic E-state index is 10.0. The molecule has 0 N–H and O–H groups in total. The molecule has 14 heavy (non-hydrogen) atoms. The van der Waals surface area contributed by atoms with E-state index in [-0.39, 0.29) is 10.9 Å². The number of rotatable bonds is 4.